The van der Waals surface area contributed by atoms with E-state index in [0.29, 0.717) is 11.1 Å². The van der Waals surface area contributed by atoms with Crippen LogP contribution in [0.1, 0.15) is 22.7 Å². The number of rotatable bonds is 5. The lowest BCUT2D eigenvalue weighted by atomic mass is 9.94. The summed E-state index contributed by atoms with van der Waals surface area (Å²) in [5.41, 5.74) is 1.15. The van der Waals surface area contributed by atoms with Gasteiger partial charge in [-0.05, 0) is 41.5 Å². The van der Waals surface area contributed by atoms with Gasteiger partial charge in [0, 0.05) is 24.0 Å². The molecule has 7 nitrogen and oxygen atoms in total. The van der Waals surface area contributed by atoms with E-state index in [1.54, 1.807) is 36.7 Å². The second-order valence-corrected chi connectivity index (χ2v) is 8.19. The number of Topliss-reactive ketones (excluding diaryl/α,β-unsaturated/α-hetero) is 1. The molecule has 1 unspecified atom stereocenters. The van der Waals surface area contributed by atoms with Crippen LogP contribution in [-0.2, 0) is 16.1 Å². The van der Waals surface area contributed by atoms with Crippen molar-refractivity contribution in [1.82, 2.24) is 9.88 Å². The van der Waals surface area contributed by atoms with Crippen LogP contribution in [0, 0.1) is 0 Å². The van der Waals surface area contributed by atoms with Gasteiger partial charge in [-0.3, -0.25) is 14.6 Å². The zero-order valence-corrected chi connectivity index (χ0v) is 18.8. The van der Waals surface area contributed by atoms with Gasteiger partial charge in [-0.2, -0.15) is 0 Å². The molecule has 4 rings (SSSR count). The minimum Gasteiger partial charge on any atom is -0.508 e. The number of ether oxygens (including phenoxy) is 1. The van der Waals surface area contributed by atoms with Crippen molar-refractivity contribution >= 4 is 40.7 Å². The molecule has 2 heterocycles. The molecule has 1 saturated heterocycles. The first-order valence-corrected chi connectivity index (χ1v) is 10.6. The quantitative estimate of drug-likeness (QED) is 0.308. The maximum atomic E-state index is 13.2. The number of aromatic hydroxyl groups is 1. The van der Waals surface area contributed by atoms with Crippen molar-refractivity contribution in [1.29, 1.82) is 0 Å². The molecule has 2 N–H and O–H groups in total. The standard InChI is InChI=1S/C24H18Cl2N2O5/c1-33-23-17(9-15(25)10-18(23)26)21(30)19-20(14-4-6-16(29)7-5-14)28(24(32)22(19)31)12-13-3-2-8-27-11-13/h2-11,20,29-30H,12H2,1H3/b21-19+. The minimum atomic E-state index is -0.937. The summed E-state index contributed by atoms with van der Waals surface area (Å²) in [6.07, 6.45) is 3.19. The van der Waals surface area contributed by atoms with Crippen molar-refractivity contribution in [3.05, 3.63) is 93.2 Å². The molecule has 0 bridgehead atoms. The van der Waals surface area contributed by atoms with Crippen LogP contribution in [0.15, 0.2) is 66.5 Å². The Labute approximate surface area is 199 Å². The van der Waals surface area contributed by atoms with Crippen molar-refractivity contribution in [2.45, 2.75) is 12.6 Å². The predicted octanol–water partition coefficient (Wildman–Crippen LogP) is 4.72. The lowest BCUT2D eigenvalue weighted by Crippen LogP contribution is -2.29. The Bertz CT molecular complexity index is 1260. The van der Waals surface area contributed by atoms with E-state index < -0.39 is 23.5 Å². The topological polar surface area (TPSA) is 100.0 Å². The van der Waals surface area contributed by atoms with Gasteiger partial charge in [0.2, 0.25) is 0 Å². The number of phenols is 1. The molecule has 33 heavy (non-hydrogen) atoms. The normalized spacial score (nSPS) is 17.4. The number of pyridine rings is 1. The monoisotopic (exact) mass is 484 g/mol. The molecule has 168 valence electrons. The van der Waals surface area contributed by atoms with E-state index in [2.05, 4.69) is 4.98 Å². The van der Waals surface area contributed by atoms with Crippen molar-refractivity contribution < 1.29 is 24.5 Å². The molecular formula is C24H18Cl2N2O5. The summed E-state index contributed by atoms with van der Waals surface area (Å²) in [6, 6.07) is 11.5. The molecular weight excluding hydrogens is 467 g/mol. The van der Waals surface area contributed by atoms with Crippen molar-refractivity contribution in [2.75, 3.05) is 7.11 Å². The Morgan fingerprint density at radius 1 is 1.15 bits per heavy atom. The van der Waals surface area contributed by atoms with Gasteiger partial charge < -0.3 is 19.8 Å². The van der Waals surface area contributed by atoms with E-state index >= 15 is 0 Å². The summed E-state index contributed by atoms with van der Waals surface area (Å²) in [6.45, 7) is 0.0776. The fraction of sp³-hybridized carbons (Fsp3) is 0.125. The van der Waals surface area contributed by atoms with E-state index in [1.807, 2.05) is 0 Å². The van der Waals surface area contributed by atoms with Gasteiger partial charge in [0.15, 0.2) is 0 Å². The zero-order chi connectivity index (χ0) is 23.7. The third-order valence-electron chi connectivity index (χ3n) is 5.29. The van der Waals surface area contributed by atoms with Crippen LogP contribution in [0.4, 0.5) is 0 Å². The van der Waals surface area contributed by atoms with Crippen molar-refractivity contribution in [3.63, 3.8) is 0 Å². The van der Waals surface area contributed by atoms with Crippen molar-refractivity contribution in [3.8, 4) is 11.5 Å². The summed E-state index contributed by atoms with van der Waals surface area (Å²) >= 11 is 12.3. The Morgan fingerprint density at radius 3 is 2.52 bits per heavy atom. The molecule has 1 atom stereocenters. The zero-order valence-electron chi connectivity index (χ0n) is 17.3. The number of ketones is 1. The molecule has 0 radical (unpaired) electrons. The summed E-state index contributed by atoms with van der Waals surface area (Å²) in [7, 11) is 1.37. The van der Waals surface area contributed by atoms with E-state index in [0.717, 1.165) is 0 Å². The van der Waals surface area contributed by atoms with Crippen LogP contribution in [-0.4, -0.2) is 38.9 Å². The second-order valence-electron chi connectivity index (χ2n) is 7.35. The highest BCUT2D eigenvalue weighted by Gasteiger charge is 2.46. The minimum absolute atomic E-state index is 0.0197. The molecule has 0 spiro atoms. The largest absolute Gasteiger partial charge is 0.508 e. The first-order chi connectivity index (χ1) is 15.8. The molecule has 3 aromatic rings. The second kappa shape index (κ2) is 9.13. The molecule has 1 aliphatic heterocycles. The number of benzene rings is 2. The number of aliphatic hydroxyl groups excluding tert-OH is 1. The molecule has 1 aliphatic rings. The number of hydrogen-bond donors (Lipinski definition) is 2. The molecule has 0 saturated carbocycles. The van der Waals surface area contributed by atoms with Crippen LogP contribution in [0.5, 0.6) is 11.5 Å². The van der Waals surface area contributed by atoms with Crippen LogP contribution in [0.25, 0.3) is 5.76 Å². The lowest BCUT2D eigenvalue weighted by Gasteiger charge is -2.25. The Hall–Kier alpha value is -3.55. The smallest absolute Gasteiger partial charge is 0.295 e. The van der Waals surface area contributed by atoms with Gasteiger partial charge in [-0.1, -0.05) is 41.4 Å². The fourth-order valence-electron chi connectivity index (χ4n) is 3.82. The summed E-state index contributed by atoms with van der Waals surface area (Å²) < 4.78 is 5.32. The number of aromatic nitrogens is 1. The number of methoxy groups -OCH3 is 1. The molecule has 9 heteroatoms. The van der Waals surface area contributed by atoms with Gasteiger partial charge >= 0.3 is 0 Å². The van der Waals surface area contributed by atoms with Gasteiger partial charge in [0.25, 0.3) is 11.7 Å². The summed E-state index contributed by atoms with van der Waals surface area (Å²) in [5, 5.41) is 21.3. The van der Waals surface area contributed by atoms with E-state index in [9.17, 15) is 19.8 Å². The summed E-state index contributed by atoms with van der Waals surface area (Å²) in [5.74, 6) is -1.99. The molecule has 1 amide bonds. The van der Waals surface area contributed by atoms with Gasteiger partial charge in [0.05, 0.1) is 29.3 Å². The number of likely N-dealkylation sites (tertiary alicyclic amines) is 1. The fourth-order valence-corrected chi connectivity index (χ4v) is 4.39. The number of nitrogens with zero attached hydrogens (tertiary/aromatic N) is 2. The highest BCUT2D eigenvalue weighted by Crippen LogP contribution is 2.43. The van der Waals surface area contributed by atoms with Crippen molar-refractivity contribution in [2.24, 2.45) is 0 Å². The lowest BCUT2D eigenvalue weighted by molar-refractivity contribution is -0.140. The number of aliphatic hydroxyl groups is 1. The highest BCUT2D eigenvalue weighted by atomic mass is 35.5. The van der Waals surface area contributed by atoms with Crippen LogP contribution < -0.4 is 4.74 Å². The van der Waals surface area contributed by atoms with Gasteiger partial charge in [-0.25, -0.2) is 0 Å². The maximum Gasteiger partial charge on any atom is 0.295 e. The molecule has 1 fully saturated rings. The van der Waals surface area contributed by atoms with E-state index in [-0.39, 0.29) is 39.2 Å². The number of carbonyl (C=O) groups is 2. The Balaban J connectivity index is 1.93. The summed E-state index contributed by atoms with van der Waals surface area (Å²) in [4.78, 5) is 31.6. The van der Waals surface area contributed by atoms with E-state index in [1.165, 1.54) is 36.3 Å². The number of amides is 1. The number of carbonyl (C=O) groups excluding carboxylic acids is 2. The maximum absolute atomic E-state index is 13.2. The predicted molar refractivity (Wildman–Crippen MR) is 123 cm³/mol. The molecule has 1 aromatic heterocycles. The SMILES string of the molecule is COc1c(Cl)cc(Cl)cc1/C(O)=C1\C(=O)C(=O)N(Cc2cccnc2)C1c1ccc(O)cc1. The van der Waals surface area contributed by atoms with E-state index in [4.69, 9.17) is 27.9 Å². The van der Waals surface area contributed by atoms with Crippen LogP contribution >= 0.6 is 23.2 Å². The number of hydrogen-bond acceptors (Lipinski definition) is 6. The Morgan fingerprint density at radius 2 is 1.88 bits per heavy atom. The van der Waals surface area contributed by atoms with Gasteiger partial charge in [0.1, 0.15) is 17.3 Å². The number of phenolic OH excluding ortho intramolecular Hbond substituents is 1. The van der Waals surface area contributed by atoms with Gasteiger partial charge in [-0.15, -0.1) is 0 Å². The Kier molecular flexibility index (Phi) is 6.26. The number of halogens is 2. The third-order valence-corrected chi connectivity index (χ3v) is 5.79. The highest BCUT2D eigenvalue weighted by molar-refractivity contribution is 6.46. The van der Waals surface area contributed by atoms with Crippen LogP contribution in [0.3, 0.4) is 0 Å². The average Bonchev–Trinajstić information content (AvgIpc) is 3.04. The average molecular weight is 485 g/mol. The molecule has 0 aliphatic carbocycles. The third kappa shape index (κ3) is 4.25. The van der Waals surface area contributed by atoms with Crippen LogP contribution in [0.2, 0.25) is 10.0 Å². The molecule has 2 aromatic carbocycles. The first-order valence-electron chi connectivity index (χ1n) is 9.81. The first kappa shape index (κ1) is 22.6.